The fourth-order valence-corrected chi connectivity index (χ4v) is 1.62. The third-order valence-electron chi connectivity index (χ3n) is 2.60. The van der Waals surface area contributed by atoms with Crippen molar-refractivity contribution >= 4 is 12.3 Å². The van der Waals surface area contributed by atoms with E-state index >= 15 is 0 Å². The summed E-state index contributed by atoms with van der Waals surface area (Å²) in [6.45, 7) is 0. The number of aldehydes is 1. The smallest absolute Gasteiger partial charge is 0.417 e. The van der Waals surface area contributed by atoms with Crippen LogP contribution in [0.5, 0.6) is 0 Å². The molecule has 0 amide bonds. The van der Waals surface area contributed by atoms with E-state index in [1.165, 1.54) is 0 Å². The summed E-state index contributed by atoms with van der Waals surface area (Å²) < 4.78 is 38.1. The van der Waals surface area contributed by atoms with Crippen molar-refractivity contribution in [1.82, 2.24) is 0 Å². The average Bonchev–Trinajstić information content (AvgIpc) is 2.35. The molecule has 2 unspecified atom stereocenters. The van der Waals surface area contributed by atoms with Gasteiger partial charge in [0.15, 0.2) is 6.29 Å². The van der Waals surface area contributed by atoms with Gasteiger partial charge >= 0.3 is 12.1 Å². The first-order valence-corrected chi connectivity index (χ1v) is 5.41. The third-order valence-corrected chi connectivity index (χ3v) is 2.60. The molecule has 20 heavy (non-hydrogen) atoms. The van der Waals surface area contributed by atoms with Gasteiger partial charge in [0.05, 0.1) is 18.1 Å². The number of carbonyl (C=O) groups excluding carboxylic acids is 1. The number of rotatable bonds is 5. The fraction of sp³-hybridized carbons (Fsp3) is 0.333. The zero-order valence-corrected chi connectivity index (χ0v) is 9.96. The van der Waals surface area contributed by atoms with Crippen LogP contribution in [0.2, 0.25) is 0 Å². The largest absolute Gasteiger partial charge is 0.481 e. The number of carbonyl (C=O) groups is 2. The monoisotopic (exact) mass is 292 g/mol. The number of benzene rings is 1. The maximum atomic E-state index is 12.7. The molecule has 110 valence electrons. The molecule has 5 nitrogen and oxygen atoms in total. The van der Waals surface area contributed by atoms with Gasteiger partial charge in [-0.05, 0) is 11.6 Å². The second kappa shape index (κ2) is 6.02. The number of carboxylic acids is 1. The van der Waals surface area contributed by atoms with Crippen LogP contribution in [0.1, 0.15) is 34.0 Å². The van der Waals surface area contributed by atoms with E-state index in [4.69, 9.17) is 5.11 Å². The average molecular weight is 292 g/mol. The van der Waals surface area contributed by atoms with Crippen molar-refractivity contribution in [3.63, 3.8) is 0 Å². The molecule has 0 radical (unpaired) electrons. The first kappa shape index (κ1) is 16.1. The Bertz CT molecular complexity index is 512. The molecular formula is C12H11F3O5. The zero-order valence-electron chi connectivity index (χ0n) is 9.96. The Hall–Kier alpha value is -1.93. The Labute approximate surface area is 111 Å². The van der Waals surface area contributed by atoms with E-state index in [2.05, 4.69) is 0 Å². The van der Waals surface area contributed by atoms with E-state index < -0.39 is 41.9 Å². The van der Waals surface area contributed by atoms with Crippen LogP contribution in [0, 0.1) is 0 Å². The quantitative estimate of drug-likeness (QED) is 0.713. The summed E-state index contributed by atoms with van der Waals surface area (Å²) in [5.41, 5.74) is -2.19. The summed E-state index contributed by atoms with van der Waals surface area (Å²) in [7, 11) is 0. The number of hydrogen-bond donors (Lipinski definition) is 3. The normalized spacial score (nSPS) is 14.7. The standard InChI is InChI=1S/C12H11F3O5/c13-12(14,15)8-3-6(1-2-7(8)5-16)11(20)9(17)4-10(18)19/h1-3,5,9,11,17,20H,4H2,(H,18,19). The maximum absolute atomic E-state index is 12.7. The van der Waals surface area contributed by atoms with E-state index in [1.807, 2.05) is 0 Å². The Kier molecular flexibility index (Phi) is 4.85. The summed E-state index contributed by atoms with van der Waals surface area (Å²) in [5.74, 6) is -1.41. The molecule has 3 N–H and O–H groups in total. The predicted molar refractivity (Wildman–Crippen MR) is 60.1 cm³/mol. The molecule has 2 atom stereocenters. The van der Waals surface area contributed by atoms with Gasteiger partial charge in [-0.3, -0.25) is 9.59 Å². The van der Waals surface area contributed by atoms with Crippen molar-refractivity contribution in [2.75, 3.05) is 0 Å². The van der Waals surface area contributed by atoms with Crippen LogP contribution in [-0.2, 0) is 11.0 Å². The molecule has 1 rings (SSSR count). The number of aliphatic hydroxyl groups excluding tert-OH is 2. The summed E-state index contributed by atoms with van der Waals surface area (Å²) in [5, 5.41) is 27.5. The van der Waals surface area contributed by atoms with Crippen molar-refractivity contribution in [1.29, 1.82) is 0 Å². The Balaban J connectivity index is 3.14. The summed E-state index contributed by atoms with van der Waals surface area (Å²) in [6, 6.07) is 2.38. The van der Waals surface area contributed by atoms with Gasteiger partial charge in [0.2, 0.25) is 0 Å². The SMILES string of the molecule is O=Cc1ccc(C(O)C(O)CC(=O)O)cc1C(F)(F)F. The number of hydrogen-bond acceptors (Lipinski definition) is 4. The lowest BCUT2D eigenvalue weighted by Crippen LogP contribution is -2.22. The minimum atomic E-state index is -4.80. The number of carboxylic acid groups (broad SMARTS) is 1. The van der Waals surface area contributed by atoms with Crippen molar-refractivity contribution in [3.8, 4) is 0 Å². The molecule has 0 aliphatic rings. The molecule has 0 saturated heterocycles. The van der Waals surface area contributed by atoms with Crippen LogP contribution in [0.3, 0.4) is 0 Å². The first-order chi connectivity index (χ1) is 9.16. The van der Waals surface area contributed by atoms with Gasteiger partial charge in [0.25, 0.3) is 0 Å². The zero-order chi connectivity index (χ0) is 15.5. The molecule has 0 aliphatic heterocycles. The van der Waals surface area contributed by atoms with Crippen LogP contribution in [0.25, 0.3) is 0 Å². The Morgan fingerprint density at radius 2 is 1.90 bits per heavy atom. The van der Waals surface area contributed by atoms with Gasteiger partial charge in [-0.25, -0.2) is 0 Å². The van der Waals surface area contributed by atoms with Crippen LogP contribution in [0.4, 0.5) is 13.2 Å². The predicted octanol–water partition coefficient (Wildman–Crippen LogP) is 1.39. The lowest BCUT2D eigenvalue weighted by atomic mass is 9.97. The minimum absolute atomic E-state index is 0.0205. The lowest BCUT2D eigenvalue weighted by Gasteiger charge is -2.18. The van der Waals surface area contributed by atoms with Gasteiger partial charge < -0.3 is 15.3 Å². The molecule has 8 heteroatoms. The molecule has 1 aromatic carbocycles. The Morgan fingerprint density at radius 1 is 1.30 bits per heavy atom. The third kappa shape index (κ3) is 3.78. The van der Waals surface area contributed by atoms with Gasteiger partial charge in [-0.1, -0.05) is 12.1 Å². The fourth-order valence-electron chi connectivity index (χ4n) is 1.62. The molecule has 0 fully saturated rings. The van der Waals surface area contributed by atoms with E-state index in [9.17, 15) is 33.0 Å². The first-order valence-electron chi connectivity index (χ1n) is 5.41. The molecule has 0 saturated carbocycles. The van der Waals surface area contributed by atoms with Crippen molar-refractivity contribution in [2.24, 2.45) is 0 Å². The molecule has 0 bridgehead atoms. The topological polar surface area (TPSA) is 94.8 Å². The summed E-state index contributed by atoms with van der Waals surface area (Å²) in [4.78, 5) is 20.9. The van der Waals surface area contributed by atoms with E-state index in [1.54, 1.807) is 0 Å². The van der Waals surface area contributed by atoms with E-state index in [0.717, 1.165) is 12.1 Å². The van der Waals surface area contributed by atoms with E-state index in [-0.39, 0.29) is 11.8 Å². The van der Waals surface area contributed by atoms with Gasteiger partial charge in [-0.15, -0.1) is 0 Å². The van der Waals surface area contributed by atoms with Crippen molar-refractivity contribution < 1.29 is 38.1 Å². The van der Waals surface area contributed by atoms with Gasteiger partial charge in [0.1, 0.15) is 6.10 Å². The van der Waals surface area contributed by atoms with E-state index in [0.29, 0.717) is 6.07 Å². The summed E-state index contributed by atoms with van der Waals surface area (Å²) >= 11 is 0. The molecule has 0 aromatic heterocycles. The highest BCUT2D eigenvalue weighted by Crippen LogP contribution is 2.33. The molecule has 0 heterocycles. The molecule has 0 aliphatic carbocycles. The lowest BCUT2D eigenvalue weighted by molar-refractivity contribution is -0.141. The highest BCUT2D eigenvalue weighted by Gasteiger charge is 2.34. The minimum Gasteiger partial charge on any atom is -0.481 e. The number of aliphatic hydroxyl groups is 2. The number of halogens is 3. The van der Waals surface area contributed by atoms with Crippen LogP contribution in [-0.4, -0.2) is 33.7 Å². The van der Waals surface area contributed by atoms with Crippen LogP contribution >= 0.6 is 0 Å². The number of aliphatic carboxylic acids is 1. The second-order valence-corrected chi connectivity index (χ2v) is 4.07. The Morgan fingerprint density at radius 3 is 2.35 bits per heavy atom. The van der Waals surface area contributed by atoms with Crippen LogP contribution in [0.15, 0.2) is 18.2 Å². The summed E-state index contributed by atoms with van der Waals surface area (Å²) in [6.07, 6.45) is -9.16. The molecule has 0 spiro atoms. The van der Waals surface area contributed by atoms with Gasteiger partial charge in [-0.2, -0.15) is 13.2 Å². The highest BCUT2D eigenvalue weighted by atomic mass is 19.4. The highest BCUT2D eigenvalue weighted by molar-refractivity contribution is 5.77. The van der Waals surface area contributed by atoms with Crippen molar-refractivity contribution in [3.05, 3.63) is 34.9 Å². The maximum Gasteiger partial charge on any atom is 0.417 e. The second-order valence-electron chi connectivity index (χ2n) is 4.07. The molecular weight excluding hydrogens is 281 g/mol. The number of alkyl halides is 3. The van der Waals surface area contributed by atoms with Gasteiger partial charge in [0, 0.05) is 5.56 Å². The van der Waals surface area contributed by atoms with Crippen LogP contribution < -0.4 is 0 Å². The van der Waals surface area contributed by atoms with Crippen molar-refractivity contribution in [2.45, 2.75) is 24.8 Å². The molecule has 1 aromatic rings.